The van der Waals surface area contributed by atoms with Crippen LogP contribution in [0.2, 0.25) is 5.02 Å². The fraction of sp³-hybridized carbons (Fsp3) is 0.588. The van der Waals surface area contributed by atoms with E-state index in [9.17, 15) is 4.79 Å². The first-order chi connectivity index (χ1) is 9.48. The number of amides is 1. The molecule has 1 N–H and O–H groups in total. The molecule has 1 aromatic carbocycles. The number of halogens is 1. The Labute approximate surface area is 138 Å². The van der Waals surface area contributed by atoms with Crippen molar-refractivity contribution in [1.82, 2.24) is 5.32 Å². The van der Waals surface area contributed by atoms with E-state index < -0.39 is 0 Å². The second-order valence-corrected chi connectivity index (χ2v) is 9.18. The Hall–Kier alpha value is -0.670. The van der Waals surface area contributed by atoms with Crippen molar-refractivity contribution in [3.05, 3.63) is 29.3 Å². The maximum absolute atomic E-state index is 12.4. The predicted octanol–water partition coefficient (Wildman–Crippen LogP) is 5.15. The molecular weight excluding hydrogens is 302 g/mol. The van der Waals surface area contributed by atoms with E-state index in [0.29, 0.717) is 5.02 Å². The van der Waals surface area contributed by atoms with Crippen LogP contribution in [0.4, 0.5) is 0 Å². The van der Waals surface area contributed by atoms with Gasteiger partial charge in [0.05, 0.1) is 5.25 Å². The van der Waals surface area contributed by atoms with Crippen molar-refractivity contribution < 1.29 is 4.79 Å². The Balaban J connectivity index is 2.60. The van der Waals surface area contributed by atoms with E-state index in [0.717, 1.165) is 11.3 Å². The number of hydrogen-bond donors (Lipinski definition) is 1. The van der Waals surface area contributed by atoms with Gasteiger partial charge in [0.25, 0.3) is 0 Å². The van der Waals surface area contributed by atoms with Crippen molar-refractivity contribution in [3.63, 3.8) is 0 Å². The lowest BCUT2D eigenvalue weighted by Crippen LogP contribution is -2.48. The quantitative estimate of drug-likeness (QED) is 0.757. The fourth-order valence-electron chi connectivity index (χ4n) is 2.58. The van der Waals surface area contributed by atoms with E-state index in [1.807, 2.05) is 31.2 Å². The first-order valence-corrected chi connectivity index (χ1v) is 8.49. The number of nitrogens with one attached hydrogen (secondary N) is 1. The molecule has 0 fully saturated rings. The zero-order valence-corrected chi connectivity index (χ0v) is 15.4. The third-order valence-corrected chi connectivity index (χ3v) is 4.29. The minimum Gasteiger partial charge on any atom is -0.350 e. The van der Waals surface area contributed by atoms with Crippen LogP contribution in [-0.2, 0) is 4.79 Å². The second kappa shape index (κ2) is 7.06. The van der Waals surface area contributed by atoms with Crippen LogP contribution in [0, 0.1) is 5.41 Å². The topological polar surface area (TPSA) is 29.1 Å². The Bertz CT molecular complexity index is 477. The van der Waals surface area contributed by atoms with Gasteiger partial charge in [-0.25, -0.2) is 0 Å². The van der Waals surface area contributed by atoms with Crippen LogP contribution in [0.5, 0.6) is 0 Å². The summed E-state index contributed by atoms with van der Waals surface area (Å²) < 4.78 is 0. The molecule has 0 aliphatic carbocycles. The Kier molecular flexibility index (Phi) is 6.18. The highest BCUT2D eigenvalue weighted by Gasteiger charge is 2.28. The van der Waals surface area contributed by atoms with Crippen LogP contribution in [0.15, 0.2) is 29.2 Å². The molecule has 0 heterocycles. The van der Waals surface area contributed by atoms with E-state index in [-0.39, 0.29) is 22.1 Å². The summed E-state index contributed by atoms with van der Waals surface area (Å²) >= 11 is 7.42. The van der Waals surface area contributed by atoms with Gasteiger partial charge in [-0.2, -0.15) is 0 Å². The minimum atomic E-state index is -0.204. The molecule has 0 saturated heterocycles. The van der Waals surface area contributed by atoms with Gasteiger partial charge in [0, 0.05) is 15.5 Å². The molecule has 118 valence electrons. The molecule has 0 spiro atoms. The highest BCUT2D eigenvalue weighted by atomic mass is 35.5. The van der Waals surface area contributed by atoms with Gasteiger partial charge in [-0.15, -0.1) is 11.8 Å². The molecule has 1 aromatic rings. The van der Waals surface area contributed by atoms with E-state index >= 15 is 0 Å². The Morgan fingerprint density at radius 1 is 1.19 bits per heavy atom. The SMILES string of the molecule is C[C@H](Sc1ccc(Cl)cc1)C(=O)NC(C)(C)CC(C)(C)C. The van der Waals surface area contributed by atoms with Gasteiger partial charge < -0.3 is 5.32 Å². The first kappa shape index (κ1) is 18.4. The summed E-state index contributed by atoms with van der Waals surface area (Å²) in [6, 6.07) is 7.57. The summed E-state index contributed by atoms with van der Waals surface area (Å²) in [5, 5.41) is 3.74. The standard InChI is InChI=1S/C17H26ClNOS/c1-12(21-14-9-7-13(18)8-10-14)15(20)19-17(5,6)11-16(2,3)4/h7-10,12H,11H2,1-6H3,(H,19,20)/t12-/m0/s1. The van der Waals surface area contributed by atoms with Crippen LogP contribution in [0.3, 0.4) is 0 Å². The molecule has 4 heteroatoms. The van der Waals surface area contributed by atoms with Crippen molar-refractivity contribution in [1.29, 1.82) is 0 Å². The molecule has 1 amide bonds. The maximum atomic E-state index is 12.4. The summed E-state index contributed by atoms with van der Waals surface area (Å²) in [7, 11) is 0. The highest BCUT2D eigenvalue weighted by Crippen LogP contribution is 2.28. The van der Waals surface area contributed by atoms with Gasteiger partial charge >= 0.3 is 0 Å². The lowest BCUT2D eigenvalue weighted by molar-refractivity contribution is -0.122. The summed E-state index contributed by atoms with van der Waals surface area (Å²) in [5.41, 5.74) is -0.0203. The summed E-state index contributed by atoms with van der Waals surface area (Å²) in [6.07, 6.45) is 0.935. The molecule has 21 heavy (non-hydrogen) atoms. The smallest absolute Gasteiger partial charge is 0.233 e. The Morgan fingerprint density at radius 3 is 2.19 bits per heavy atom. The van der Waals surface area contributed by atoms with Crippen molar-refractivity contribution in [3.8, 4) is 0 Å². The van der Waals surface area contributed by atoms with Gasteiger partial charge in [-0.3, -0.25) is 4.79 Å². The van der Waals surface area contributed by atoms with Gasteiger partial charge in [-0.05, 0) is 56.9 Å². The van der Waals surface area contributed by atoms with Crippen LogP contribution < -0.4 is 5.32 Å². The zero-order chi connectivity index (χ0) is 16.3. The van der Waals surface area contributed by atoms with E-state index in [1.54, 1.807) is 11.8 Å². The largest absolute Gasteiger partial charge is 0.350 e. The third-order valence-electron chi connectivity index (χ3n) is 2.93. The van der Waals surface area contributed by atoms with E-state index in [4.69, 9.17) is 11.6 Å². The Morgan fingerprint density at radius 2 is 1.71 bits per heavy atom. The molecule has 0 aliphatic rings. The lowest BCUT2D eigenvalue weighted by Gasteiger charge is -2.34. The molecule has 0 bridgehead atoms. The second-order valence-electron chi connectivity index (χ2n) is 7.32. The van der Waals surface area contributed by atoms with Gasteiger partial charge in [-0.1, -0.05) is 32.4 Å². The molecule has 0 aromatic heterocycles. The first-order valence-electron chi connectivity index (χ1n) is 7.23. The summed E-state index contributed by atoms with van der Waals surface area (Å²) in [4.78, 5) is 13.4. The molecule has 1 rings (SSSR count). The van der Waals surface area contributed by atoms with Crippen molar-refractivity contribution in [2.24, 2.45) is 5.41 Å². The molecule has 0 unspecified atom stereocenters. The number of thioether (sulfide) groups is 1. The number of benzene rings is 1. The van der Waals surface area contributed by atoms with Crippen LogP contribution >= 0.6 is 23.4 Å². The van der Waals surface area contributed by atoms with Crippen LogP contribution in [0.25, 0.3) is 0 Å². The van der Waals surface area contributed by atoms with Crippen LogP contribution in [0.1, 0.15) is 48.0 Å². The van der Waals surface area contributed by atoms with Crippen molar-refractivity contribution >= 4 is 29.3 Å². The normalized spacial score (nSPS) is 13.9. The highest BCUT2D eigenvalue weighted by molar-refractivity contribution is 8.00. The lowest BCUT2D eigenvalue weighted by atomic mass is 9.82. The van der Waals surface area contributed by atoms with E-state index in [1.165, 1.54) is 0 Å². The summed E-state index contributed by atoms with van der Waals surface area (Å²) in [5.74, 6) is 0.0733. The number of hydrogen-bond acceptors (Lipinski definition) is 2. The van der Waals surface area contributed by atoms with Gasteiger partial charge in [0.15, 0.2) is 0 Å². The third kappa shape index (κ3) is 7.23. The average molecular weight is 328 g/mol. The van der Waals surface area contributed by atoms with Crippen molar-refractivity contribution in [2.45, 2.75) is 63.6 Å². The molecule has 0 saturated carbocycles. The predicted molar refractivity (Wildman–Crippen MR) is 93.1 cm³/mol. The number of carbonyl (C=O) groups is 1. The zero-order valence-electron chi connectivity index (χ0n) is 13.8. The number of rotatable bonds is 5. The van der Waals surface area contributed by atoms with Crippen LogP contribution in [-0.4, -0.2) is 16.7 Å². The average Bonchev–Trinajstić information content (AvgIpc) is 2.28. The van der Waals surface area contributed by atoms with Gasteiger partial charge in [0.1, 0.15) is 0 Å². The minimum absolute atomic E-state index is 0.0733. The summed E-state index contributed by atoms with van der Waals surface area (Å²) in [6.45, 7) is 12.7. The monoisotopic (exact) mass is 327 g/mol. The molecule has 2 nitrogen and oxygen atoms in total. The maximum Gasteiger partial charge on any atom is 0.233 e. The fourth-order valence-corrected chi connectivity index (χ4v) is 3.57. The van der Waals surface area contributed by atoms with E-state index in [2.05, 4.69) is 39.9 Å². The van der Waals surface area contributed by atoms with Crippen molar-refractivity contribution in [2.75, 3.05) is 0 Å². The molecular formula is C17H26ClNOS. The molecule has 1 atom stereocenters. The number of carbonyl (C=O) groups excluding carboxylic acids is 1. The van der Waals surface area contributed by atoms with Gasteiger partial charge in [0.2, 0.25) is 5.91 Å². The molecule has 0 aliphatic heterocycles. The molecule has 0 radical (unpaired) electrons.